The molecule has 4 rings (SSSR count). The second-order valence-electron chi connectivity index (χ2n) is 6.96. The first-order valence-electron chi connectivity index (χ1n) is 9.19. The SMILES string of the molecule is Cc1cncc([C@H]2CCCN(C(=O)CCc3nc4ccccc4[nH]3)C2)n1. The van der Waals surface area contributed by atoms with Crippen LogP contribution in [0.5, 0.6) is 0 Å². The lowest BCUT2D eigenvalue weighted by atomic mass is 9.94. The van der Waals surface area contributed by atoms with Crippen molar-refractivity contribution in [1.82, 2.24) is 24.8 Å². The van der Waals surface area contributed by atoms with E-state index in [4.69, 9.17) is 0 Å². The molecule has 26 heavy (non-hydrogen) atoms. The molecule has 0 saturated carbocycles. The number of amides is 1. The third-order valence-corrected chi connectivity index (χ3v) is 4.98. The number of hydrogen-bond donors (Lipinski definition) is 1. The summed E-state index contributed by atoms with van der Waals surface area (Å²) >= 11 is 0. The number of H-pyrrole nitrogens is 1. The third kappa shape index (κ3) is 3.59. The normalized spacial score (nSPS) is 17.6. The summed E-state index contributed by atoms with van der Waals surface area (Å²) in [5.74, 6) is 1.35. The van der Waals surface area contributed by atoms with Crippen molar-refractivity contribution in [2.45, 2.75) is 38.5 Å². The highest BCUT2D eigenvalue weighted by Gasteiger charge is 2.25. The van der Waals surface area contributed by atoms with E-state index in [1.807, 2.05) is 42.3 Å². The van der Waals surface area contributed by atoms with Crippen LogP contribution in [0.1, 0.15) is 42.4 Å². The molecule has 1 amide bonds. The summed E-state index contributed by atoms with van der Waals surface area (Å²) in [6.07, 6.45) is 6.79. The Bertz CT molecular complexity index is 886. The van der Waals surface area contributed by atoms with Crippen LogP contribution >= 0.6 is 0 Å². The monoisotopic (exact) mass is 349 g/mol. The summed E-state index contributed by atoms with van der Waals surface area (Å²) < 4.78 is 0. The van der Waals surface area contributed by atoms with Crippen LogP contribution in [0.3, 0.4) is 0 Å². The van der Waals surface area contributed by atoms with E-state index in [0.717, 1.165) is 54.2 Å². The molecule has 1 atom stereocenters. The molecule has 0 unspecified atom stereocenters. The number of hydrogen-bond acceptors (Lipinski definition) is 4. The zero-order valence-corrected chi connectivity index (χ0v) is 15.0. The van der Waals surface area contributed by atoms with Crippen LogP contribution in [0, 0.1) is 6.92 Å². The average molecular weight is 349 g/mol. The minimum absolute atomic E-state index is 0.191. The van der Waals surface area contributed by atoms with Gasteiger partial charge in [0.25, 0.3) is 0 Å². The predicted octanol–water partition coefficient (Wildman–Crippen LogP) is 3.00. The van der Waals surface area contributed by atoms with Gasteiger partial charge < -0.3 is 9.88 Å². The quantitative estimate of drug-likeness (QED) is 0.786. The van der Waals surface area contributed by atoms with E-state index in [1.165, 1.54) is 0 Å². The number of rotatable bonds is 4. The van der Waals surface area contributed by atoms with Gasteiger partial charge >= 0.3 is 0 Å². The van der Waals surface area contributed by atoms with Gasteiger partial charge in [-0.25, -0.2) is 4.98 Å². The lowest BCUT2D eigenvalue weighted by molar-refractivity contribution is -0.132. The molecule has 0 spiro atoms. The maximum atomic E-state index is 12.7. The lowest BCUT2D eigenvalue weighted by Gasteiger charge is -2.32. The van der Waals surface area contributed by atoms with E-state index < -0.39 is 0 Å². The van der Waals surface area contributed by atoms with Crippen LogP contribution in [-0.4, -0.2) is 43.8 Å². The van der Waals surface area contributed by atoms with Gasteiger partial charge in [0.15, 0.2) is 0 Å². The molecule has 1 saturated heterocycles. The average Bonchev–Trinajstić information content (AvgIpc) is 3.09. The molecule has 0 bridgehead atoms. The third-order valence-electron chi connectivity index (χ3n) is 4.98. The Morgan fingerprint density at radius 3 is 3.00 bits per heavy atom. The Kier molecular flexibility index (Phi) is 4.65. The number of benzene rings is 1. The fraction of sp³-hybridized carbons (Fsp3) is 0.400. The molecule has 6 nitrogen and oxygen atoms in total. The van der Waals surface area contributed by atoms with Crippen molar-refractivity contribution in [2.24, 2.45) is 0 Å². The maximum Gasteiger partial charge on any atom is 0.223 e. The first-order chi connectivity index (χ1) is 12.7. The Morgan fingerprint density at radius 2 is 2.15 bits per heavy atom. The van der Waals surface area contributed by atoms with Gasteiger partial charge in [0, 0.05) is 44.2 Å². The molecule has 1 aliphatic rings. The van der Waals surface area contributed by atoms with Gasteiger partial charge in [0.2, 0.25) is 5.91 Å². The molecule has 3 aromatic rings. The van der Waals surface area contributed by atoms with E-state index >= 15 is 0 Å². The summed E-state index contributed by atoms with van der Waals surface area (Å²) in [7, 11) is 0. The molecule has 6 heteroatoms. The molecular formula is C20H23N5O. The van der Waals surface area contributed by atoms with Gasteiger partial charge in [-0.3, -0.25) is 14.8 Å². The summed E-state index contributed by atoms with van der Waals surface area (Å²) in [6.45, 7) is 3.52. The molecule has 1 aromatic carbocycles. The highest BCUT2D eigenvalue weighted by atomic mass is 16.2. The molecule has 1 aliphatic heterocycles. The predicted molar refractivity (Wildman–Crippen MR) is 99.7 cm³/mol. The molecule has 0 radical (unpaired) electrons. The van der Waals surface area contributed by atoms with E-state index in [9.17, 15) is 4.79 Å². The molecule has 0 aliphatic carbocycles. The van der Waals surface area contributed by atoms with Crippen LogP contribution in [0.2, 0.25) is 0 Å². The van der Waals surface area contributed by atoms with Crippen LogP contribution in [0.15, 0.2) is 36.7 Å². The summed E-state index contributed by atoms with van der Waals surface area (Å²) in [5.41, 5.74) is 3.90. The number of nitrogens with zero attached hydrogens (tertiary/aromatic N) is 4. The Balaban J connectivity index is 1.38. The van der Waals surface area contributed by atoms with Crippen LogP contribution in [-0.2, 0) is 11.2 Å². The van der Waals surface area contributed by atoms with Gasteiger partial charge in [0.1, 0.15) is 5.82 Å². The first-order valence-corrected chi connectivity index (χ1v) is 9.19. The van der Waals surface area contributed by atoms with Gasteiger partial charge in [-0.1, -0.05) is 12.1 Å². The van der Waals surface area contributed by atoms with Gasteiger partial charge in [-0.05, 0) is 31.9 Å². The fourth-order valence-corrected chi connectivity index (χ4v) is 3.63. The number of carbonyl (C=O) groups is 1. The van der Waals surface area contributed by atoms with Gasteiger partial charge in [-0.2, -0.15) is 0 Å². The minimum Gasteiger partial charge on any atom is -0.342 e. The fourth-order valence-electron chi connectivity index (χ4n) is 3.63. The van der Waals surface area contributed by atoms with Crippen LogP contribution in [0.25, 0.3) is 11.0 Å². The number of likely N-dealkylation sites (tertiary alicyclic amines) is 1. The van der Waals surface area contributed by atoms with E-state index in [0.29, 0.717) is 12.8 Å². The number of aryl methyl sites for hydroxylation is 2. The van der Waals surface area contributed by atoms with Crippen molar-refractivity contribution >= 4 is 16.9 Å². The number of aromatic amines is 1. The maximum absolute atomic E-state index is 12.7. The van der Waals surface area contributed by atoms with E-state index in [1.54, 1.807) is 6.20 Å². The van der Waals surface area contributed by atoms with Crippen molar-refractivity contribution in [3.05, 3.63) is 53.9 Å². The van der Waals surface area contributed by atoms with Gasteiger partial charge in [0.05, 0.1) is 22.4 Å². The number of aromatic nitrogens is 4. The zero-order chi connectivity index (χ0) is 17.9. The molecule has 1 N–H and O–H groups in total. The summed E-state index contributed by atoms with van der Waals surface area (Å²) in [6, 6.07) is 7.94. The number of fused-ring (bicyclic) bond motifs is 1. The van der Waals surface area contributed by atoms with Crippen molar-refractivity contribution in [3.63, 3.8) is 0 Å². The summed E-state index contributed by atoms with van der Waals surface area (Å²) in [4.78, 5) is 31.3. The van der Waals surface area contributed by atoms with Crippen LogP contribution in [0.4, 0.5) is 0 Å². The molecule has 2 aromatic heterocycles. The standard InChI is InChI=1S/C20H23N5O/c1-14-11-21-12-18(22-14)15-5-4-10-25(13-15)20(26)9-8-19-23-16-6-2-3-7-17(16)24-19/h2-3,6-7,11-12,15H,4-5,8-10,13H2,1H3,(H,23,24)/t15-/m0/s1. The topological polar surface area (TPSA) is 74.8 Å². The largest absolute Gasteiger partial charge is 0.342 e. The van der Waals surface area contributed by atoms with Crippen molar-refractivity contribution in [1.29, 1.82) is 0 Å². The Hall–Kier alpha value is -2.76. The number of carbonyl (C=O) groups excluding carboxylic acids is 1. The summed E-state index contributed by atoms with van der Waals surface area (Å²) in [5, 5.41) is 0. The van der Waals surface area contributed by atoms with E-state index in [-0.39, 0.29) is 11.8 Å². The minimum atomic E-state index is 0.191. The molecule has 3 heterocycles. The lowest BCUT2D eigenvalue weighted by Crippen LogP contribution is -2.39. The zero-order valence-electron chi connectivity index (χ0n) is 15.0. The second-order valence-corrected chi connectivity index (χ2v) is 6.96. The smallest absolute Gasteiger partial charge is 0.223 e. The number of piperidine rings is 1. The Morgan fingerprint density at radius 1 is 1.27 bits per heavy atom. The van der Waals surface area contributed by atoms with Crippen molar-refractivity contribution < 1.29 is 4.79 Å². The van der Waals surface area contributed by atoms with Gasteiger partial charge in [-0.15, -0.1) is 0 Å². The van der Waals surface area contributed by atoms with Crippen molar-refractivity contribution in [2.75, 3.05) is 13.1 Å². The second kappa shape index (κ2) is 7.23. The number of para-hydroxylation sites is 2. The number of imidazole rings is 1. The van der Waals surface area contributed by atoms with Crippen LogP contribution < -0.4 is 0 Å². The Labute approximate surface area is 152 Å². The van der Waals surface area contributed by atoms with Crippen molar-refractivity contribution in [3.8, 4) is 0 Å². The molecule has 1 fully saturated rings. The highest BCUT2D eigenvalue weighted by Crippen LogP contribution is 2.25. The number of nitrogens with one attached hydrogen (secondary N) is 1. The highest BCUT2D eigenvalue weighted by molar-refractivity contribution is 5.77. The first kappa shape index (κ1) is 16.7. The van der Waals surface area contributed by atoms with E-state index in [2.05, 4.69) is 19.9 Å². The molecular weight excluding hydrogens is 326 g/mol. The molecule has 134 valence electrons.